The number of halogens is 3. The molecule has 2 heterocycles. The average molecular weight is 476 g/mol. The Hall–Kier alpha value is -3.62. The number of hydrogen-bond acceptors (Lipinski definition) is 8. The van der Waals surface area contributed by atoms with Gasteiger partial charge in [-0.05, 0) is 13.3 Å². The van der Waals surface area contributed by atoms with Crippen molar-refractivity contribution >= 4 is 29.1 Å². The number of nitrogens with one attached hydrogen (secondary N) is 1. The van der Waals surface area contributed by atoms with Crippen molar-refractivity contribution in [2.24, 2.45) is 0 Å². The summed E-state index contributed by atoms with van der Waals surface area (Å²) in [5.41, 5.74) is 2.62. The van der Waals surface area contributed by atoms with E-state index >= 15 is 0 Å². The fraction of sp³-hybridized carbons (Fsp3) is 0.500. The van der Waals surface area contributed by atoms with E-state index in [0.29, 0.717) is 16.7 Å². The third kappa shape index (κ3) is 5.79. The molecule has 0 fully saturated rings. The van der Waals surface area contributed by atoms with Crippen LogP contribution in [-0.4, -0.2) is 52.5 Å². The summed E-state index contributed by atoms with van der Waals surface area (Å²) in [5.74, 6) is -3.51. The molecule has 0 bridgehead atoms. The molecule has 0 aliphatic carbocycles. The van der Waals surface area contributed by atoms with E-state index in [1.807, 2.05) is 0 Å². The molecule has 0 radical (unpaired) electrons. The molecule has 0 saturated heterocycles. The van der Waals surface area contributed by atoms with Gasteiger partial charge < -0.3 is 20.3 Å². The highest BCUT2D eigenvalue weighted by atomic mass is 19.4. The zero-order valence-electron chi connectivity index (χ0n) is 18.1. The van der Waals surface area contributed by atoms with Crippen LogP contribution in [0.4, 0.5) is 30.5 Å². The molecule has 33 heavy (non-hydrogen) atoms. The number of carbonyl (C=O) groups excluding carboxylic acids is 2. The van der Waals surface area contributed by atoms with Gasteiger partial charge in [-0.1, -0.05) is 12.1 Å². The average Bonchev–Trinajstić information content (AvgIpc) is 3.14. The summed E-state index contributed by atoms with van der Waals surface area (Å²) in [5, 5.41) is 5.84. The first-order valence-corrected chi connectivity index (χ1v) is 9.66. The van der Waals surface area contributed by atoms with E-state index in [-0.39, 0.29) is 23.9 Å². The van der Waals surface area contributed by atoms with Gasteiger partial charge >= 0.3 is 17.8 Å². The largest absolute Gasteiger partial charge is 0.471 e. The Kier molecular flexibility index (Phi) is 8.03. The number of methoxy groups -OCH3 is 1. The van der Waals surface area contributed by atoms with Crippen LogP contribution in [0.25, 0.3) is 0 Å². The minimum atomic E-state index is -5.34. The van der Waals surface area contributed by atoms with E-state index in [9.17, 15) is 32.3 Å². The summed E-state index contributed by atoms with van der Waals surface area (Å²) in [6.45, 7) is 1.22. The van der Waals surface area contributed by atoms with Gasteiger partial charge in [0.1, 0.15) is 18.1 Å². The molecule has 2 aromatic rings. The lowest BCUT2D eigenvalue weighted by molar-refractivity contribution is -0.170. The molecule has 0 atom stereocenters. The topological polar surface area (TPSA) is 155 Å². The fourth-order valence-corrected chi connectivity index (χ4v) is 2.94. The minimum absolute atomic E-state index is 0.00377. The summed E-state index contributed by atoms with van der Waals surface area (Å²) in [6, 6.07) is 1.37. The fourth-order valence-electron chi connectivity index (χ4n) is 2.94. The smallest absolute Gasteiger partial charge is 0.383 e. The molecule has 12 nitrogen and oxygen atoms in total. The van der Waals surface area contributed by atoms with E-state index < -0.39 is 53.8 Å². The third-order valence-corrected chi connectivity index (χ3v) is 4.36. The Morgan fingerprint density at radius 3 is 2.48 bits per heavy atom. The molecule has 2 amide bonds. The number of nitrogen functional groups attached to an aromatic ring is 1. The Labute approximate surface area is 184 Å². The maximum atomic E-state index is 13.2. The van der Waals surface area contributed by atoms with E-state index in [4.69, 9.17) is 15.0 Å². The van der Waals surface area contributed by atoms with Crippen LogP contribution in [0.15, 0.2) is 20.2 Å². The van der Waals surface area contributed by atoms with E-state index in [2.05, 4.69) is 10.5 Å². The molecule has 0 aliphatic rings. The quantitative estimate of drug-likeness (QED) is 0.530. The lowest BCUT2D eigenvalue weighted by Gasteiger charge is -2.26. The van der Waals surface area contributed by atoms with Gasteiger partial charge in [0.2, 0.25) is 5.91 Å². The Bertz CT molecular complexity index is 1140. The number of hydrogen-bond donors (Lipinski definition) is 2. The molecule has 0 aromatic carbocycles. The van der Waals surface area contributed by atoms with Crippen molar-refractivity contribution in [2.45, 2.75) is 39.5 Å². The number of ether oxygens (including phenoxy) is 1. The number of amides is 2. The highest BCUT2D eigenvalue weighted by molar-refractivity contribution is 5.99. The van der Waals surface area contributed by atoms with Crippen molar-refractivity contribution < 1.29 is 32.0 Å². The molecule has 0 saturated carbocycles. The Morgan fingerprint density at radius 2 is 1.97 bits per heavy atom. The van der Waals surface area contributed by atoms with E-state index in [1.54, 1.807) is 13.8 Å². The number of aromatic nitrogens is 3. The number of nitrogens with zero attached hydrogens (tertiary/aromatic N) is 4. The Morgan fingerprint density at radius 1 is 1.30 bits per heavy atom. The molecule has 0 aliphatic heterocycles. The number of rotatable bonds is 9. The minimum Gasteiger partial charge on any atom is -0.383 e. The highest BCUT2D eigenvalue weighted by Crippen LogP contribution is 2.25. The SMILES string of the molecule is CCCn1c(N)c(N(CCOC)C(=O)C(F)(F)F)c(=O)n(CC(=O)Nc2cc(C)on2)c1=O. The van der Waals surface area contributed by atoms with Crippen LogP contribution in [-0.2, 0) is 27.4 Å². The highest BCUT2D eigenvalue weighted by Gasteiger charge is 2.44. The van der Waals surface area contributed by atoms with E-state index in [0.717, 1.165) is 4.57 Å². The van der Waals surface area contributed by atoms with Gasteiger partial charge in [-0.25, -0.2) is 9.36 Å². The van der Waals surface area contributed by atoms with Crippen LogP contribution in [0, 0.1) is 6.92 Å². The van der Waals surface area contributed by atoms with Gasteiger partial charge in [0.15, 0.2) is 11.5 Å². The second-order valence-electron chi connectivity index (χ2n) is 6.88. The standard InChI is InChI=1S/C18H23F3N6O6/c1-4-5-26-14(22)13(25(6-7-32-3)16(30)18(19,20)21)15(29)27(17(26)31)9-12(28)23-11-8-10(2)33-24-11/h8H,4-7,9,22H2,1-3H3,(H,23,24,28). The molecule has 2 rings (SSSR count). The first kappa shape index (κ1) is 25.6. The van der Waals surface area contributed by atoms with Gasteiger partial charge in [-0.15, -0.1) is 0 Å². The summed E-state index contributed by atoms with van der Waals surface area (Å²) in [6.07, 6.45) is -5.02. The predicted octanol–water partition coefficient (Wildman–Crippen LogP) is 0.479. The first-order valence-electron chi connectivity index (χ1n) is 9.66. The first-order chi connectivity index (χ1) is 15.4. The van der Waals surface area contributed by atoms with Crippen LogP contribution in [0.5, 0.6) is 0 Å². The second-order valence-corrected chi connectivity index (χ2v) is 6.88. The lowest BCUT2D eigenvalue weighted by Crippen LogP contribution is -2.50. The van der Waals surface area contributed by atoms with Crippen LogP contribution >= 0.6 is 0 Å². The maximum absolute atomic E-state index is 13.2. The van der Waals surface area contributed by atoms with Gasteiger partial charge in [-0.2, -0.15) is 13.2 Å². The molecule has 0 spiro atoms. The summed E-state index contributed by atoms with van der Waals surface area (Å²) in [7, 11) is 1.19. The molecule has 182 valence electrons. The molecular weight excluding hydrogens is 453 g/mol. The van der Waals surface area contributed by atoms with E-state index in [1.165, 1.54) is 13.2 Å². The van der Waals surface area contributed by atoms with Crippen molar-refractivity contribution in [1.82, 2.24) is 14.3 Å². The third-order valence-electron chi connectivity index (χ3n) is 4.36. The maximum Gasteiger partial charge on any atom is 0.471 e. The summed E-state index contributed by atoms with van der Waals surface area (Å²) >= 11 is 0. The number of alkyl halides is 3. The van der Waals surface area contributed by atoms with Gasteiger partial charge in [0, 0.05) is 26.3 Å². The molecule has 2 aromatic heterocycles. The van der Waals surface area contributed by atoms with Gasteiger partial charge in [-0.3, -0.25) is 23.9 Å². The monoisotopic (exact) mass is 476 g/mol. The van der Waals surface area contributed by atoms with Crippen LogP contribution in [0.2, 0.25) is 0 Å². The van der Waals surface area contributed by atoms with Crippen molar-refractivity contribution in [1.29, 1.82) is 0 Å². The summed E-state index contributed by atoms with van der Waals surface area (Å²) in [4.78, 5) is 50.4. The number of aryl methyl sites for hydroxylation is 1. The zero-order chi connectivity index (χ0) is 24.9. The Balaban J connectivity index is 2.63. The van der Waals surface area contributed by atoms with Crippen molar-refractivity contribution in [2.75, 3.05) is 36.2 Å². The summed E-state index contributed by atoms with van der Waals surface area (Å²) < 4.78 is 50.4. The van der Waals surface area contributed by atoms with Gasteiger partial charge in [0.25, 0.3) is 5.56 Å². The molecule has 0 unspecified atom stereocenters. The van der Waals surface area contributed by atoms with Crippen LogP contribution < -0.4 is 27.2 Å². The van der Waals surface area contributed by atoms with Gasteiger partial charge in [0.05, 0.1) is 6.61 Å². The predicted molar refractivity (Wildman–Crippen MR) is 110 cm³/mol. The van der Waals surface area contributed by atoms with Crippen molar-refractivity contribution in [3.63, 3.8) is 0 Å². The molecule has 3 N–H and O–H groups in total. The normalized spacial score (nSPS) is 11.5. The number of carbonyl (C=O) groups is 2. The number of nitrogens with two attached hydrogens (primary N) is 1. The van der Waals surface area contributed by atoms with Crippen LogP contribution in [0.1, 0.15) is 19.1 Å². The van der Waals surface area contributed by atoms with Crippen LogP contribution in [0.3, 0.4) is 0 Å². The molecular formula is C18H23F3N6O6. The van der Waals surface area contributed by atoms with Crippen molar-refractivity contribution in [3.05, 3.63) is 32.7 Å². The molecule has 15 heteroatoms. The number of anilines is 3. The van der Waals surface area contributed by atoms with Crippen molar-refractivity contribution in [3.8, 4) is 0 Å². The second kappa shape index (κ2) is 10.3. The zero-order valence-corrected chi connectivity index (χ0v) is 18.1. The lowest BCUT2D eigenvalue weighted by atomic mass is 10.3.